The number of nitrogens with zero attached hydrogens (tertiary/aromatic N) is 1. The average Bonchev–Trinajstić information content (AvgIpc) is 2.95. The Hall–Kier alpha value is -1.71. The molecule has 3 rings (SSSR count). The molecule has 2 fully saturated rings. The Balaban J connectivity index is 1.66. The molecule has 1 unspecified atom stereocenters. The number of likely N-dealkylation sites (tertiary alicyclic amines) is 1. The van der Waals surface area contributed by atoms with Crippen LogP contribution in [0, 0.1) is 11.7 Å². The van der Waals surface area contributed by atoms with E-state index in [1.54, 1.807) is 0 Å². The molecule has 0 bridgehead atoms. The first kappa shape index (κ1) is 20.0. The van der Waals surface area contributed by atoms with Crippen molar-refractivity contribution in [1.29, 1.82) is 0 Å². The third-order valence-electron chi connectivity index (χ3n) is 5.06. The molecule has 2 atom stereocenters. The van der Waals surface area contributed by atoms with Gasteiger partial charge in [-0.25, -0.2) is 4.39 Å². The van der Waals surface area contributed by atoms with Crippen LogP contribution < -0.4 is 5.32 Å². The summed E-state index contributed by atoms with van der Waals surface area (Å²) in [7, 11) is 0. The predicted molar refractivity (Wildman–Crippen MR) is 89.6 cm³/mol. The number of alkyl halides is 3. The van der Waals surface area contributed by atoms with Crippen LogP contribution in [0.15, 0.2) is 18.2 Å². The quantitative estimate of drug-likeness (QED) is 0.776. The number of halogens is 4. The van der Waals surface area contributed by atoms with Crippen molar-refractivity contribution in [1.82, 2.24) is 4.90 Å². The monoisotopic (exact) mass is 390 g/mol. The van der Waals surface area contributed by atoms with Gasteiger partial charge in [-0.1, -0.05) is 0 Å². The highest BCUT2D eigenvalue weighted by Crippen LogP contribution is 2.32. The number of benzene rings is 1. The van der Waals surface area contributed by atoms with Crippen LogP contribution in [-0.4, -0.2) is 54.4 Å². The van der Waals surface area contributed by atoms with Crippen molar-refractivity contribution < 1.29 is 32.2 Å². The SMILES string of the molecule is O=C(Nc1ccc(C(F)(F)F)c(F)c1)[C@@H]1CC(O)CN1CC1CCOCC1. The number of ether oxygens (including phenoxy) is 1. The Morgan fingerprint density at radius 3 is 2.63 bits per heavy atom. The molecule has 2 N–H and O–H groups in total. The van der Waals surface area contributed by atoms with Crippen LogP contribution in [0.4, 0.5) is 23.2 Å². The molecule has 5 nitrogen and oxygen atoms in total. The lowest BCUT2D eigenvalue weighted by Gasteiger charge is -2.30. The van der Waals surface area contributed by atoms with Crippen LogP contribution in [0.5, 0.6) is 0 Å². The number of rotatable bonds is 4. The van der Waals surface area contributed by atoms with Crippen LogP contribution in [0.2, 0.25) is 0 Å². The highest BCUT2D eigenvalue weighted by atomic mass is 19.4. The Morgan fingerprint density at radius 2 is 2.00 bits per heavy atom. The minimum atomic E-state index is -4.79. The third kappa shape index (κ3) is 4.97. The molecule has 150 valence electrons. The lowest BCUT2D eigenvalue weighted by Crippen LogP contribution is -2.42. The first-order chi connectivity index (χ1) is 12.7. The summed E-state index contributed by atoms with van der Waals surface area (Å²) >= 11 is 0. The first-order valence-corrected chi connectivity index (χ1v) is 8.91. The molecule has 27 heavy (non-hydrogen) atoms. The van der Waals surface area contributed by atoms with Crippen molar-refractivity contribution in [3.05, 3.63) is 29.6 Å². The molecule has 0 aliphatic carbocycles. The average molecular weight is 390 g/mol. The fourth-order valence-electron chi connectivity index (χ4n) is 3.66. The second kappa shape index (κ2) is 8.12. The number of carbonyl (C=O) groups is 1. The Kier molecular flexibility index (Phi) is 6.02. The van der Waals surface area contributed by atoms with Gasteiger partial charge in [0.25, 0.3) is 0 Å². The van der Waals surface area contributed by atoms with E-state index >= 15 is 0 Å². The zero-order chi connectivity index (χ0) is 19.6. The molecule has 9 heteroatoms. The summed E-state index contributed by atoms with van der Waals surface area (Å²) in [6.07, 6.45) is -3.44. The number of aliphatic hydroxyl groups is 1. The van der Waals surface area contributed by atoms with Gasteiger partial charge in [0.1, 0.15) is 5.82 Å². The van der Waals surface area contributed by atoms with E-state index in [2.05, 4.69) is 5.32 Å². The number of anilines is 1. The van der Waals surface area contributed by atoms with Crippen LogP contribution in [0.3, 0.4) is 0 Å². The first-order valence-electron chi connectivity index (χ1n) is 8.91. The molecule has 2 aliphatic heterocycles. The van der Waals surface area contributed by atoms with Crippen molar-refractivity contribution in [3.8, 4) is 0 Å². The summed E-state index contributed by atoms with van der Waals surface area (Å²) in [4.78, 5) is 14.5. The normalized spacial score (nSPS) is 24.9. The number of nitrogens with one attached hydrogen (secondary N) is 1. The molecular weight excluding hydrogens is 368 g/mol. The number of carbonyl (C=O) groups excluding carboxylic acids is 1. The van der Waals surface area contributed by atoms with E-state index in [9.17, 15) is 27.5 Å². The van der Waals surface area contributed by atoms with Crippen molar-refractivity contribution in [2.75, 3.05) is 31.6 Å². The second-order valence-electron chi connectivity index (χ2n) is 7.10. The zero-order valence-corrected chi connectivity index (χ0v) is 14.6. The molecule has 0 aromatic heterocycles. The summed E-state index contributed by atoms with van der Waals surface area (Å²) in [5.74, 6) is -1.54. The van der Waals surface area contributed by atoms with Gasteiger partial charge in [-0.15, -0.1) is 0 Å². The van der Waals surface area contributed by atoms with E-state index in [0.717, 1.165) is 18.9 Å². The summed E-state index contributed by atoms with van der Waals surface area (Å²) < 4.78 is 56.9. The number of hydrogen-bond donors (Lipinski definition) is 2. The lowest BCUT2D eigenvalue weighted by atomic mass is 9.99. The number of β-amino-alcohol motifs (C(OH)–C–C–N with tert-alkyl or cyclic N) is 1. The molecule has 1 aromatic rings. The van der Waals surface area contributed by atoms with Crippen molar-refractivity contribution in [3.63, 3.8) is 0 Å². The number of aliphatic hydroxyl groups excluding tert-OH is 1. The highest BCUT2D eigenvalue weighted by Gasteiger charge is 2.38. The fourth-order valence-corrected chi connectivity index (χ4v) is 3.66. The van der Waals surface area contributed by atoms with Crippen molar-refractivity contribution >= 4 is 11.6 Å². The second-order valence-corrected chi connectivity index (χ2v) is 7.10. The van der Waals surface area contributed by atoms with E-state index in [1.165, 1.54) is 0 Å². The smallest absolute Gasteiger partial charge is 0.392 e. The van der Waals surface area contributed by atoms with Gasteiger partial charge in [0, 0.05) is 32.0 Å². The topological polar surface area (TPSA) is 61.8 Å². The minimum absolute atomic E-state index is 0.0436. The predicted octanol–water partition coefficient (Wildman–Crippen LogP) is 2.64. The lowest BCUT2D eigenvalue weighted by molar-refractivity contribution is -0.140. The van der Waals surface area contributed by atoms with Gasteiger partial charge in [-0.05, 0) is 43.4 Å². The van der Waals surface area contributed by atoms with Gasteiger partial charge >= 0.3 is 6.18 Å². The van der Waals surface area contributed by atoms with Gasteiger partial charge in [0.2, 0.25) is 5.91 Å². The van der Waals surface area contributed by atoms with Crippen molar-refractivity contribution in [2.45, 2.75) is 37.6 Å². The molecule has 1 aromatic carbocycles. The molecule has 0 radical (unpaired) electrons. The molecule has 0 spiro atoms. The highest BCUT2D eigenvalue weighted by molar-refractivity contribution is 5.95. The maximum absolute atomic E-state index is 13.7. The largest absolute Gasteiger partial charge is 0.419 e. The summed E-state index contributed by atoms with van der Waals surface area (Å²) in [6.45, 7) is 2.34. The van der Waals surface area contributed by atoms with Crippen molar-refractivity contribution in [2.24, 2.45) is 5.92 Å². The summed E-state index contributed by atoms with van der Waals surface area (Å²) in [5.41, 5.74) is -1.42. The van der Waals surface area contributed by atoms with E-state index in [1.807, 2.05) is 4.90 Å². The van der Waals surface area contributed by atoms with E-state index in [4.69, 9.17) is 4.74 Å². The summed E-state index contributed by atoms with van der Waals surface area (Å²) in [6, 6.07) is 1.69. The third-order valence-corrected chi connectivity index (χ3v) is 5.06. The molecule has 2 saturated heterocycles. The molecule has 2 aliphatic rings. The van der Waals surface area contributed by atoms with E-state index in [-0.39, 0.29) is 12.1 Å². The number of amides is 1. The van der Waals surface area contributed by atoms with Crippen LogP contribution in [-0.2, 0) is 15.7 Å². The molecular formula is C18H22F4N2O3. The van der Waals surface area contributed by atoms with Gasteiger partial charge < -0.3 is 15.2 Å². The Bertz CT molecular complexity index is 677. The number of hydrogen-bond acceptors (Lipinski definition) is 4. The van der Waals surface area contributed by atoms with Gasteiger partial charge in [-0.3, -0.25) is 9.69 Å². The maximum atomic E-state index is 13.7. The van der Waals surface area contributed by atoms with Gasteiger partial charge in [-0.2, -0.15) is 13.2 Å². The van der Waals surface area contributed by atoms with Gasteiger partial charge in [0.15, 0.2) is 0 Å². The molecule has 1 amide bonds. The van der Waals surface area contributed by atoms with Crippen LogP contribution in [0.1, 0.15) is 24.8 Å². The van der Waals surface area contributed by atoms with E-state index < -0.39 is 35.6 Å². The molecule has 0 saturated carbocycles. The van der Waals surface area contributed by atoms with Crippen LogP contribution in [0.25, 0.3) is 0 Å². The van der Waals surface area contributed by atoms with E-state index in [0.29, 0.717) is 44.4 Å². The Labute approximate surface area is 154 Å². The maximum Gasteiger partial charge on any atom is 0.419 e. The summed E-state index contributed by atoms with van der Waals surface area (Å²) in [5, 5.41) is 12.4. The minimum Gasteiger partial charge on any atom is -0.392 e. The van der Waals surface area contributed by atoms with Crippen LogP contribution >= 0.6 is 0 Å². The molecule has 2 heterocycles. The standard InChI is InChI=1S/C18H22F4N2O3/c19-15-7-12(1-2-14(15)18(20,21)22)23-17(26)16-8-13(25)10-24(16)9-11-3-5-27-6-4-11/h1-2,7,11,13,16,25H,3-6,8-10H2,(H,23,26)/t13?,16-/m0/s1. The van der Waals surface area contributed by atoms with Gasteiger partial charge in [0.05, 0.1) is 17.7 Å². The fraction of sp³-hybridized carbons (Fsp3) is 0.611. The zero-order valence-electron chi connectivity index (χ0n) is 14.6. The Morgan fingerprint density at radius 1 is 1.30 bits per heavy atom.